The summed E-state index contributed by atoms with van der Waals surface area (Å²) in [5, 5.41) is 14.2. The van der Waals surface area contributed by atoms with Gasteiger partial charge in [0.2, 0.25) is 0 Å². The molecule has 0 atom stereocenters. The van der Waals surface area contributed by atoms with Crippen LogP contribution in [0.5, 0.6) is 0 Å². The van der Waals surface area contributed by atoms with E-state index in [1.807, 2.05) is 24.3 Å². The second-order valence-electron chi connectivity index (χ2n) is 7.62. The molecule has 1 aromatic carbocycles. The van der Waals surface area contributed by atoms with E-state index in [0.717, 1.165) is 41.3 Å². The Morgan fingerprint density at radius 3 is 2.44 bits per heavy atom. The molecule has 25 heavy (non-hydrogen) atoms. The van der Waals surface area contributed by atoms with Crippen LogP contribution in [0.25, 0.3) is 0 Å². The summed E-state index contributed by atoms with van der Waals surface area (Å²) >= 11 is 1.06. The summed E-state index contributed by atoms with van der Waals surface area (Å²) < 4.78 is 0. The molecule has 4 heteroatoms. The van der Waals surface area contributed by atoms with Crippen LogP contribution in [0.3, 0.4) is 0 Å². The molecule has 0 heterocycles. The largest absolute Gasteiger partial charge is 0.349 e. The summed E-state index contributed by atoms with van der Waals surface area (Å²) in [5.74, 6) is 1.78. The summed E-state index contributed by atoms with van der Waals surface area (Å²) in [7, 11) is 0. The number of nitrogens with one attached hydrogen (secondary N) is 1. The van der Waals surface area contributed by atoms with E-state index in [0.29, 0.717) is 5.56 Å². The monoisotopic (exact) mass is 356 g/mol. The molecule has 0 spiro atoms. The quantitative estimate of drug-likeness (QED) is 0.558. The van der Waals surface area contributed by atoms with Crippen molar-refractivity contribution in [3.05, 3.63) is 29.8 Å². The average molecular weight is 357 g/mol. The Bertz CT molecular complexity index is 611. The van der Waals surface area contributed by atoms with E-state index in [1.54, 1.807) is 0 Å². The highest BCUT2D eigenvalue weighted by Crippen LogP contribution is 2.35. The minimum atomic E-state index is -0.0333. The number of amides is 1. The van der Waals surface area contributed by atoms with Crippen molar-refractivity contribution in [2.75, 3.05) is 0 Å². The van der Waals surface area contributed by atoms with E-state index in [1.165, 1.54) is 51.4 Å². The van der Waals surface area contributed by atoms with Crippen LogP contribution in [0.2, 0.25) is 0 Å². The zero-order valence-corrected chi connectivity index (χ0v) is 15.7. The minimum Gasteiger partial charge on any atom is -0.349 e. The van der Waals surface area contributed by atoms with E-state index in [4.69, 9.17) is 5.26 Å². The van der Waals surface area contributed by atoms with Crippen molar-refractivity contribution in [3.8, 4) is 5.40 Å². The van der Waals surface area contributed by atoms with Crippen LogP contribution < -0.4 is 5.32 Å². The maximum Gasteiger partial charge on any atom is 0.252 e. The fourth-order valence-corrected chi connectivity index (χ4v) is 5.01. The topological polar surface area (TPSA) is 52.9 Å². The molecule has 0 aromatic heterocycles. The first kappa shape index (κ1) is 18.3. The lowest BCUT2D eigenvalue weighted by Gasteiger charge is -2.32. The van der Waals surface area contributed by atoms with Crippen molar-refractivity contribution in [1.82, 2.24) is 5.32 Å². The van der Waals surface area contributed by atoms with Crippen molar-refractivity contribution in [2.45, 2.75) is 75.1 Å². The second-order valence-corrected chi connectivity index (χ2v) is 8.45. The Kier molecular flexibility index (Phi) is 6.81. The number of carbonyl (C=O) groups is 1. The molecule has 1 N–H and O–H groups in total. The number of rotatable bonds is 5. The number of nitrogens with zero attached hydrogens (tertiary/aromatic N) is 1. The van der Waals surface area contributed by atoms with Crippen molar-refractivity contribution >= 4 is 17.7 Å². The Morgan fingerprint density at radius 1 is 1.04 bits per heavy atom. The van der Waals surface area contributed by atoms with Crippen LogP contribution in [0.15, 0.2) is 29.2 Å². The van der Waals surface area contributed by atoms with Crippen LogP contribution in [0, 0.1) is 22.5 Å². The summed E-state index contributed by atoms with van der Waals surface area (Å²) in [4.78, 5) is 13.3. The van der Waals surface area contributed by atoms with Crippen LogP contribution in [-0.2, 0) is 0 Å². The normalized spacial score (nSPS) is 24.4. The molecule has 0 aliphatic heterocycles. The fraction of sp³-hybridized carbons (Fsp3) is 0.619. The summed E-state index contributed by atoms with van der Waals surface area (Å²) in [6.07, 6.45) is 13.2. The van der Waals surface area contributed by atoms with Gasteiger partial charge in [-0.1, -0.05) is 44.2 Å². The van der Waals surface area contributed by atoms with Gasteiger partial charge in [-0.15, -0.1) is 0 Å². The molecular formula is C21H28N2OS. The Hall–Kier alpha value is -1.47. The van der Waals surface area contributed by atoms with Gasteiger partial charge < -0.3 is 5.32 Å². The molecule has 2 aliphatic carbocycles. The van der Waals surface area contributed by atoms with Crippen molar-refractivity contribution in [3.63, 3.8) is 0 Å². The minimum absolute atomic E-state index is 0.0333. The molecule has 3 rings (SSSR count). The molecule has 1 amide bonds. The number of thioether (sulfide) groups is 1. The highest BCUT2D eigenvalue weighted by molar-refractivity contribution is 8.03. The Balaban J connectivity index is 1.47. The van der Waals surface area contributed by atoms with Gasteiger partial charge in [0.05, 0.1) is 5.56 Å². The molecule has 1 aromatic rings. The first-order valence-electron chi connectivity index (χ1n) is 9.72. The van der Waals surface area contributed by atoms with Gasteiger partial charge in [-0.05, 0) is 67.8 Å². The molecule has 0 saturated heterocycles. The van der Waals surface area contributed by atoms with E-state index in [9.17, 15) is 4.79 Å². The van der Waals surface area contributed by atoms with Gasteiger partial charge in [0.25, 0.3) is 5.91 Å². The third-order valence-corrected chi connectivity index (χ3v) is 6.53. The van der Waals surface area contributed by atoms with Gasteiger partial charge in [0.15, 0.2) is 0 Å². The third kappa shape index (κ3) is 5.25. The molecule has 3 nitrogen and oxygen atoms in total. The maximum absolute atomic E-state index is 12.6. The molecule has 2 aliphatic rings. The van der Waals surface area contributed by atoms with Crippen LogP contribution >= 0.6 is 11.8 Å². The predicted molar refractivity (Wildman–Crippen MR) is 102 cm³/mol. The highest BCUT2D eigenvalue weighted by Gasteiger charge is 2.26. The van der Waals surface area contributed by atoms with Crippen LogP contribution in [0.4, 0.5) is 0 Å². The molecule has 2 saturated carbocycles. The highest BCUT2D eigenvalue weighted by atomic mass is 32.2. The lowest BCUT2D eigenvalue weighted by molar-refractivity contribution is 0.0915. The van der Waals surface area contributed by atoms with Gasteiger partial charge in [-0.25, -0.2) is 0 Å². The fourth-order valence-electron chi connectivity index (χ4n) is 4.49. The number of hydrogen-bond donors (Lipinski definition) is 1. The lowest BCUT2D eigenvalue weighted by atomic mass is 9.76. The standard InChI is InChI=1S/C21H28N2OS/c22-15-25-20-9-5-4-8-19(20)21(24)23-18-12-10-17(11-13-18)14-16-6-2-1-3-7-16/h4-5,8-9,16-18H,1-3,6-7,10-14H2,(H,23,24). The van der Waals surface area contributed by atoms with Gasteiger partial charge in [-0.3, -0.25) is 4.79 Å². The molecule has 0 bridgehead atoms. The first-order valence-corrected chi connectivity index (χ1v) is 10.5. The van der Waals surface area contributed by atoms with Gasteiger partial charge >= 0.3 is 0 Å². The summed E-state index contributed by atoms with van der Waals surface area (Å²) in [6.45, 7) is 0. The van der Waals surface area contributed by atoms with Crippen molar-refractivity contribution in [1.29, 1.82) is 5.26 Å². The van der Waals surface area contributed by atoms with Crippen molar-refractivity contribution < 1.29 is 4.79 Å². The first-order chi connectivity index (χ1) is 12.3. The Labute approximate surface area is 155 Å². The van der Waals surface area contributed by atoms with E-state index in [-0.39, 0.29) is 11.9 Å². The summed E-state index contributed by atoms with van der Waals surface area (Å²) in [5.41, 5.74) is 0.623. The zero-order chi connectivity index (χ0) is 17.5. The molecule has 2 fully saturated rings. The number of hydrogen-bond acceptors (Lipinski definition) is 3. The molecule has 0 radical (unpaired) electrons. The van der Waals surface area contributed by atoms with E-state index < -0.39 is 0 Å². The van der Waals surface area contributed by atoms with Crippen LogP contribution in [-0.4, -0.2) is 11.9 Å². The van der Waals surface area contributed by atoms with Gasteiger partial charge in [0.1, 0.15) is 5.40 Å². The number of thiocyanates is 1. The van der Waals surface area contributed by atoms with Gasteiger partial charge in [0, 0.05) is 10.9 Å². The predicted octanol–water partition coefficient (Wildman–Crippen LogP) is 5.52. The molecular weight excluding hydrogens is 328 g/mol. The third-order valence-electron chi connectivity index (χ3n) is 5.86. The number of nitriles is 1. The average Bonchev–Trinajstić information content (AvgIpc) is 2.65. The zero-order valence-electron chi connectivity index (χ0n) is 14.9. The SMILES string of the molecule is N#CSc1ccccc1C(=O)NC1CCC(CC2CCCCC2)CC1. The van der Waals surface area contributed by atoms with Crippen molar-refractivity contribution in [2.24, 2.45) is 11.8 Å². The summed E-state index contributed by atoms with van der Waals surface area (Å²) in [6, 6.07) is 7.66. The smallest absolute Gasteiger partial charge is 0.252 e. The Morgan fingerprint density at radius 2 is 1.72 bits per heavy atom. The van der Waals surface area contributed by atoms with E-state index in [2.05, 4.69) is 10.7 Å². The molecule has 0 unspecified atom stereocenters. The van der Waals surface area contributed by atoms with Gasteiger partial charge in [-0.2, -0.15) is 5.26 Å². The molecule has 134 valence electrons. The number of carbonyl (C=O) groups excluding carboxylic acids is 1. The lowest BCUT2D eigenvalue weighted by Crippen LogP contribution is -2.38. The van der Waals surface area contributed by atoms with Crippen LogP contribution in [0.1, 0.15) is 74.6 Å². The maximum atomic E-state index is 12.6. The van der Waals surface area contributed by atoms with E-state index >= 15 is 0 Å². The number of benzene rings is 1. The second kappa shape index (κ2) is 9.29.